The van der Waals surface area contributed by atoms with Crippen molar-refractivity contribution in [1.29, 1.82) is 0 Å². The first-order valence-electron chi connectivity index (χ1n) is 5.03. The summed E-state index contributed by atoms with van der Waals surface area (Å²) < 4.78 is 7.43. The van der Waals surface area contributed by atoms with E-state index in [2.05, 4.69) is 0 Å². The first kappa shape index (κ1) is 10.5. The fourth-order valence-electron chi connectivity index (χ4n) is 1.76. The van der Waals surface area contributed by atoms with Crippen LogP contribution in [-0.4, -0.2) is 10.5 Å². The molecular weight excluding hydrogens is 204 g/mol. The average Bonchev–Trinajstić information content (AvgIpc) is 2.74. The van der Waals surface area contributed by atoms with Gasteiger partial charge in [0, 0.05) is 12.7 Å². The maximum atomic E-state index is 11.2. The Morgan fingerprint density at radius 1 is 1.38 bits per heavy atom. The number of hydrogen-bond acceptors (Lipinski definition) is 2. The van der Waals surface area contributed by atoms with Crippen LogP contribution in [0.2, 0.25) is 0 Å². The highest BCUT2D eigenvalue weighted by molar-refractivity contribution is 5.95. The number of carbonyl (C=O) groups is 1. The minimum absolute atomic E-state index is 0.414. The van der Waals surface area contributed by atoms with Crippen LogP contribution in [-0.2, 0) is 7.05 Å². The molecule has 0 spiro atoms. The van der Waals surface area contributed by atoms with Crippen LogP contribution in [0.15, 0.2) is 22.6 Å². The van der Waals surface area contributed by atoms with Gasteiger partial charge >= 0.3 is 0 Å². The second-order valence-electron chi connectivity index (χ2n) is 3.86. The number of aryl methyl sites for hydroxylation is 1. The summed E-state index contributed by atoms with van der Waals surface area (Å²) in [6.45, 7) is 3.74. The van der Waals surface area contributed by atoms with Crippen LogP contribution in [0.1, 0.15) is 21.8 Å². The van der Waals surface area contributed by atoms with Crippen molar-refractivity contribution in [3.63, 3.8) is 0 Å². The van der Waals surface area contributed by atoms with E-state index in [4.69, 9.17) is 10.2 Å². The minimum atomic E-state index is -0.414. The smallest absolute Gasteiger partial charge is 0.250 e. The van der Waals surface area contributed by atoms with Gasteiger partial charge in [-0.3, -0.25) is 4.79 Å². The van der Waals surface area contributed by atoms with Gasteiger partial charge in [-0.05, 0) is 32.0 Å². The minimum Gasteiger partial charge on any atom is -0.460 e. The highest BCUT2D eigenvalue weighted by Gasteiger charge is 2.15. The number of nitrogens with zero attached hydrogens (tertiary/aromatic N) is 1. The molecule has 4 heteroatoms. The van der Waals surface area contributed by atoms with Crippen molar-refractivity contribution in [2.45, 2.75) is 13.8 Å². The van der Waals surface area contributed by atoms with Gasteiger partial charge in [0.15, 0.2) is 5.76 Å². The summed E-state index contributed by atoms with van der Waals surface area (Å²) in [5, 5.41) is 0. The van der Waals surface area contributed by atoms with Crippen LogP contribution in [0.4, 0.5) is 0 Å². The summed E-state index contributed by atoms with van der Waals surface area (Å²) in [4.78, 5) is 11.2. The Hall–Kier alpha value is -1.97. The zero-order valence-electron chi connectivity index (χ0n) is 9.57. The molecule has 0 fully saturated rings. The lowest BCUT2D eigenvalue weighted by molar-refractivity contribution is 0.0999. The molecule has 0 atom stereocenters. The number of nitrogens with two attached hydrogens (primary N) is 1. The molecule has 2 N–H and O–H groups in total. The zero-order chi connectivity index (χ0) is 11.9. The van der Waals surface area contributed by atoms with Gasteiger partial charge in [0.2, 0.25) is 0 Å². The predicted octanol–water partition coefficient (Wildman–Crippen LogP) is 2.00. The Bertz CT molecular complexity index is 549. The molecular formula is C12H14N2O2. The molecule has 2 heterocycles. The molecule has 0 aromatic carbocycles. The van der Waals surface area contributed by atoms with Crippen molar-refractivity contribution in [3.8, 4) is 11.5 Å². The quantitative estimate of drug-likeness (QED) is 0.838. The van der Waals surface area contributed by atoms with Gasteiger partial charge in [-0.2, -0.15) is 0 Å². The normalized spacial score (nSPS) is 10.7. The molecule has 0 aliphatic rings. The molecule has 1 amide bonds. The third-order valence-corrected chi connectivity index (χ3v) is 2.79. The second kappa shape index (κ2) is 3.56. The fourth-order valence-corrected chi connectivity index (χ4v) is 1.76. The maximum Gasteiger partial charge on any atom is 0.250 e. The highest BCUT2D eigenvalue weighted by Crippen LogP contribution is 2.26. The van der Waals surface area contributed by atoms with Crippen LogP contribution < -0.4 is 5.73 Å². The fraction of sp³-hybridized carbons (Fsp3) is 0.250. The van der Waals surface area contributed by atoms with Crippen molar-refractivity contribution < 1.29 is 9.21 Å². The summed E-state index contributed by atoms with van der Waals surface area (Å²) in [7, 11) is 1.88. The monoisotopic (exact) mass is 218 g/mol. The average molecular weight is 218 g/mol. The van der Waals surface area contributed by atoms with Crippen LogP contribution in [0.5, 0.6) is 0 Å². The summed E-state index contributed by atoms with van der Waals surface area (Å²) >= 11 is 0. The third-order valence-electron chi connectivity index (χ3n) is 2.79. The first-order valence-corrected chi connectivity index (χ1v) is 5.03. The molecule has 0 radical (unpaired) electrons. The molecule has 0 aliphatic carbocycles. The highest BCUT2D eigenvalue weighted by atomic mass is 16.3. The Kier molecular flexibility index (Phi) is 2.34. The standard InChI is InChI=1S/C12H14N2O2/c1-7-4-5-11(16-7)10-6-9(12(13)15)8(2)14(10)3/h4-6H,1-3H3,(H2,13,15). The number of rotatable bonds is 2. The van der Waals surface area contributed by atoms with Crippen LogP contribution in [0.3, 0.4) is 0 Å². The van der Waals surface area contributed by atoms with E-state index in [0.717, 1.165) is 22.9 Å². The SMILES string of the molecule is Cc1ccc(-c2cc(C(N)=O)c(C)n2C)o1. The molecule has 0 bridgehead atoms. The van der Waals surface area contributed by atoms with Crippen molar-refractivity contribution in [3.05, 3.63) is 35.2 Å². The Balaban J connectivity index is 2.58. The van der Waals surface area contributed by atoms with Gasteiger partial charge in [0.1, 0.15) is 5.76 Å². The number of furan rings is 1. The Morgan fingerprint density at radius 2 is 2.06 bits per heavy atom. The number of hydrogen-bond donors (Lipinski definition) is 1. The predicted molar refractivity (Wildman–Crippen MR) is 61.1 cm³/mol. The van der Waals surface area contributed by atoms with Crippen molar-refractivity contribution in [2.24, 2.45) is 12.8 Å². The van der Waals surface area contributed by atoms with E-state index < -0.39 is 5.91 Å². The van der Waals surface area contributed by atoms with Crippen LogP contribution in [0.25, 0.3) is 11.5 Å². The van der Waals surface area contributed by atoms with E-state index in [-0.39, 0.29) is 0 Å². The van der Waals surface area contributed by atoms with E-state index in [1.165, 1.54) is 0 Å². The van der Waals surface area contributed by atoms with E-state index in [9.17, 15) is 4.79 Å². The van der Waals surface area contributed by atoms with Crippen LogP contribution in [0, 0.1) is 13.8 Å². The lowest BCUT2D eigenvalue weighted by Crippen LogP contribution is -2.11. The molecule has 2 aromatic heterocycles. The van der Waals surface area contributed by atoms with Crippen molar-refractivity contribution in [1.82, 2.24) is 4.57 Å². The van der Waals surface area contributed by atoms with Gasteiger partial charge in [0.05, 0.1) is 11.3 Å². The lowest BCUT2D eigenvalue weighted by atomic mass is 10.2. The summed E-state index contributed by atoms with van der Waals surface area (Å²) in [5.41, 5.74) is 7.54. The summed E-state index contributed by atoms with van der Waals surface area (Å²) in [6, 6.07) is 5.53. The van der Waals surface area contributed by atoms with E-state index in [1.54, 1.807) is 6.07 Å². The number of amides is 1. The summed E-state index contributed by atoms with van der Waals surface area (Å²) in [5.74, 6) is 1.17. The number of carbonyl (C=O) groups excluding carboxylic acids is 1. The van der Waals surface area contributed by atoms with Crippen LogP contribution >= 0.6 is 0 Å². The maximum absolute atomic E-state index is 11.2. The van der Waals surface area contributed by atoms with Gasteiger partial charge in [-0.25, -0.2) is 0 Å². The molecule has 0 unspecified atom stereocenters. The zero-order valence-corrected chi connectivity index (χ0v) is 9.57. The van der Waals surface area contributed by atoms with Gasteiger partial charge < -0.3 is 14.7 Å². The second-order valence-corrected chi connectivity index (χ2v) is 3.86. The molecule has 0 aliphatic heterocycles. The summed E-state index contributed by atoms with van der Waals surface area (Å²) in [6.07, 6.45) is 0. The Morgan fingerprint density at radius 3 is 2.50 bits per heavy atom. The third kappa shape index (κ3) is 1.52. The number of primary amides is 1. The van der Waals surface area contributed by atoms with E-state index in [0.29, 0.717) is 5.56 Å². The largest absolute Gasteiger partial charge is 0.460 e. The first-order chi connectivity index (χ1) is 7.50. The molecule has 16 heavy (non-hydrogen) atoms. The van der Waals surface area contributed by atoms with Crippen molar-refractivity contribution in [2.75, 3.05) is 0 Å². The molecule has 2 rings (SSSR count). The topological polar surface area (TPSA) is 61.2 Å². The van der Waals surface area contributed by atoms with E-state index in [1.807, 2.05) is 37.6 Å². The van der Waals surface area contributed by atoms with Gasteiger partial charge in [0.25, 0.3) is 5.91 Å². The van der Waals surface area contributed by atoms with Gasteiger partial charge in [-0.1, -0.05) is 0 Å². The van der Waals surface area contributed by atoms with Gasteiger partial charge in [-0.15, -0.1) is 0 Å². The molecule has 2 aromatic rings. The lowest BCUT2D eigenvalue weighted by Gasteiger charge is -2.01. The molecule has 84 valence electrons. The number of aromatic nitrogens is 1. The Labute approximate surface area is 93.7 Å². The van der Waals surface area contributed by atoms with Crippen molar-refractivity contribution >= 4 is 5.91 Å². The molecule has 0 saturated carbocycles. The molecule has 4 nitrogen and oxygen atoms in total. The molecule has 0 saturated heterocycles. The van der Waals surface area contributed by atoms with E-state index >= 15 is 0 Å².